The van der Waals surface area contributed by atoms with Crippen molar-refractivity contribution < 1.29 is 4.42 Å². The lowest BCUT2D eigenvalue weighted by Gasteiger charge is -2.17. The molecule has 90 valence electrons. The third-order valence-corrected chi connectivity index (χ3v) is 3.08. The molecule has 0 saturated carbocycles. The van der Waals surface area contributed by atoms with Crippen molar-refractivity contribution in [3.63, 3.8) is 0 Å². The Hall–Kier alpha value is -1.13. The minimum absolute atomic E-state index is 0.151. The predicted octanol–water partition coefficient (Wildman–Crippen LogP) is 3.85. The normalized spacial score (nSPS) is 14.5. The quantitative estimate of drug-likeness (QED) is 0.931. The van der Waals surface area contributed by atoms with Crippen LogP contribution >= 0.6 is 15.9 Å². The maximum Gasteiger partial charge on any atom is 0.169 e. The molecule has 17 heavy (non-hydrogen) atoms. The molecule has 2 rings (SSSR count). The van der Waals surface area contributed by atoms with Crippen molar-refractivity contribution in [3.05, 3.63) is 52.7 Å². The van der Waals surface area contributed by atoms with Crippen LogP contribution in [0.15, 0.2) is 45.6 Å². The summed E-state index contributed by atoms with van der Waals surface area (Å²) in [5.74, 6) is 0.916. The molecule has 2 atom stereocenters. The van der Waals surface area contributed by atoms with Gasteiger partial charge in [-0.2, -0.15) is 0 Å². The summed E-state index contributed by atoms with van der Waals surface area (Å²) < 4.78 is 6.27. The summed E-state index contributed by atoms with van der Waals surface area (Å²) in [5.41, 5.74) is 1.03. The zero-order valence-electron chi connectivity index (χ0n) is 9.85. The fourth-order valence-corrected chi connectivity index (χ4v) is 2.05. The van der Waals surface area contributed by atoms with Gasteiger partial charge in [0.1, 0.15) is 5.76 Å². The van der Waals surface area contributed by atoms with Gasteiger partial charge in [0.25, 0.3) is 0 Å². The highest BCUT2D eigenvalue weighted by atomic mass is 79.9. The van der Waals surface area contributed by atoms with Crippen molar-refractivity contribution in [2.24, 2.45) is 0 Å². The molecule has 1 unspecified atom stereocenters. The molecule has 0 saturated heterocycles. The largest absolute Gasteiger partial charge is 0.453 e. The zero-order valence-corrected chi connectivity index (χ0v) is 11.4. The number of furan rings is 1. The van der Waals surface area contributed by atoms with Crippen LogP contribution in [0, 0.1) is 0 Å². The number of aromatic nitrogens is 1. The Morgan fingerprint density at radius 1 is 1.18 bits per heavy atom. The predicted molar refractivity (Wildman–Crippen MR) is 70.6 cm³/mol. The monoisotopic (exact) mass is 294 g/mol. The zero-order chi connectivity index (χ0) is 12.3. The van der Waals surface area contributed by atoms with Gasteiger partial charge in [-0.1, -0.05) is 6.07 Å². The average molecular weight is 295 g/mol. The van der Waals surface area contributed by atoms with E-state index in [1.807, 2.05) is 36.5 Å². The standard InChI is InChI=1S/C13H15BrN2O/c1-9(11-5-3-4-8-15-11)16-10(2)12-6-7-13(14)17-12/h3-10,16H,1-2H3/t9-,10?/m0/s1. The van der Waals surface area contributed by atoms with Gasteiger partial charge in [-0.05, 0) is 54.0 Å². The van der Waals surface area contributed by atoms with Crippen LogP contribution in [0.1, 0.15) is 37.4 Å². The van der Waals surface area contributed by atoms with Gasteiger partial charge in [0.05, 0.1) is 11.7 Å². The van der Waals surface area contributed by atoms with E-state index in [-0.39, 0.29) is 12.1 Å². The Kier molecular flexibility index (Phi) is 3.97. The summed E-state index contributed by atoms with van der Waals surface area (Å²) >= 11 is 3.30. The second-order valence-corrected chi connectivity index (χ2v) is 4.79. The van der Waals surface area contributed by atoms with Crippen molar-refractivity contribution in [2.45, 2.75) is 25.9 Å². The minimum Gasteiger partial charge on any atom is -0.453 e. The van der Waals surface area contributed by atoms with Crippen LogP contribution in [0.4, 0.5) is 0 Å². The van der Waals surface area contributed by atoms with Crippen LogP contribution in [-0.2, 0) is 0 Å². The van der Waals surface area contributed by atoms with Crippen molar-refractivity contribution in [2.75, 3.05) is 0 Å². The lowest BCUT2D eigenvalue weighted by Crippen LogP contribution is -2.22. The molecule has 0 aliphatic heterocycles. The molecule has 0 amide bonds. The molecule has 0 spiro atoms. The molecule has 2 heterocycles. The van der Waals surface area contributed by atoms with E-state index in [1.165, 1.54) is 0 Å². The first kappa shape index (κ1) is 12.3. The van der Waals surface area contributed by atoms with E-state index in [9.17, 15) is 0 Å². The fourth-order valence-electron chi connectivity index (χ4n) is 1.74. The topological polar surface area (TPSA) is 38.1 Å². The molecule has 1 N–H and O–H groups in total. The second-order valence-electron chi connectivity index (χ2n) is 4.01. The van der Waals surface area contributed by atoms with Gasteiger partial charge in [0.2, 0.25) is 0 Å². The van der Waals surface area contributed by atoms with Gasteiger partial charge in [-0.25, -0.2) is 0 Å². The van der Waals surface area contributed by atoms with Gasteiger partial charge < -0.3 is 4.42 Å². The summed E-state index contributed by atoms with van der Waals surface area (Å²) in [4.78, 5) is 4.33. The van der Waals surface area contributed by atoms with E-state index in [2.05, 4.69) is 40.1 Å². The fraction of sp³-hybridized carbons (Fsp3) is 0.308. The van der Waals surface area contributed by atoms with Crippen LogP contribution < -0.4 is 5.32 Å². The van der Waals surface area contributed by atoms with E-state index < -0.39 is 0 Å². The Morgan fingerprint density at radius 2 is 2.00 bits per heavy atom. The summed E-state index contributed by atoms with van der Waals surface area (Å²) in [6, 6.07) is 10.1. The average Bonchev–Trinajstić information content (AvgIpc) is 2.77. The number of nitrogens with zero attached hydrogens (tertiary/aromatic N) is 1. The van der Waals surface area contributed by atoms with Gasteiger partial charge in [-0.3, -0.25) is 10.3 Å². The third kappa shape index (κ3) is 3.17. The molecular weight excluding hydrogens is 280 g/mol. The lowest BCUT2D eigenvalue weighted by molar-refractivity contribution is 0.391. The summed E-state index contributed by atoms with van der Waals surface area (Å²) in [5, 5.41) is 3.45. The van der Waals surface area contributed by atoms with Crippen molar-refractivity contribution >= 4 is 15.9 Å². The summed E-state index contributed by atoms with van der Waals surface area (Å²) in [7, 11) is 0. The third-order valence-electron chi connectivity index (χ3n) is 2.65. The minimum atomic E-state index is 0.151. The number of nitrogens with one attached hydrogen (secondary N) is 1. The number of hydrogen-bond acceptors (Lipinski definition) is 3. The number of hydrogen-bond donors (Lipinski definition) is 1. The van der Waals surface area contributed by atoms with Crippen LogP contribution in [-0.4, -0.2) is 4.98 Å². The molecule has 4 heteroatoms. The molecule has 3 nitrogen and oxygen atoms in total. The number of halogens is 1. The molecule has 2 aromatic rings. The van der Waals surface area contributed by atoms with Gasteiger partial charge in [0.15, 0.2) is 4.67 Å². The number of pyridine rings is 1. The SMILES string of the molecule is CC(N[C@@H](C)c1ccccn1)c1ccc(Br)o1. The Balaban J connectivity index is 2.02. The molecule has 0 fully saturated rings. The Bertz CT molecular complexity index is 469. The molecule has 0 aromatic carbocycles. The van der Waals surface area contributed by atoms with Gasteiger partial charge >= 0.3 is 0 Å². The summed E-state index contributed by atoms with van der Waals surface area (Å²) in [6.07, 6.45) is 1.81. The van der Waals surface area contributed by atoms with Crippen molar-refractivity contribution in [1.82, 2.24) is 10.3 Å². The summed E-state index contributed by atoms with van der Waals surface area (Å²) in [6.45, 7) is 4.17. The van der Waals surface area contributed by atoms with Crippen LogP contribution in [0.3, 0.4) is 0 Å². The molecule has 0 aliphatic rings. The van der Waals surface area contributed by atoms with E-state index in [1.54, 1.807) is 0 Å². The van der Waals surface area contributed by atoms with Gasteiger partial charge in [0, 0.05) is 12.2 Å². The van der Waals surface area contributed by atoms with Crippen LogP contribution in [0.25, 0.3) is 0 Å². The number of rotatable bonds is 4. The van der Waals surface area contributed by atoms with Crippen molar-refractivity contribution in [3.8, 4) is 0 Å². The first-order chi connectivity index (χ1) is 8.16. The van der Waals surface area contributed by atoms with E-state index in [0.717, 1.165) is 16.1 Å². The molecule has 2 aromatic heterocycles. The maximum absolute atomic E-state index is 5.52. The lowest BCUT2D eigenvalue weighted by atomic mass is 10.1. The van der Waals surface area contributed by atoms with Crippen molar-refractivity contribution in [1.29, 1.82) is 0 Å². The van der Waals surface area contributed by atoms with Gasteiger partial charge in [-0.15, -0.1) is 0 Å². The van der Waals surface area contributed by atoms with E-state index in [0.29, 0.717) is 0 Å². The highest BCUT2D eigenvalue weighted by molar-refractivity contribution is 9.10. The molecule has 0 aliphatic carbocycles. The first-order valence-corrected chi connectivity index (χ1v) is 6.38. The molecular formula is C13H15BrN2O. The smallest absolute Gasteiger partial charge is 0.169 e. The molecule has 0 bridgehead atoms. The maximum atomic E-state index is 5.52. The Morgan fingerprint density at radius 3 is 2.59 bits per heavy atom. The highest BCUT2D eigenvalue weighted by Crippen LogP contribution is 2.22. The molecule has 0 radical (unpaired) electrons. The first-order valence-electron chi connectivity index (χ1n) is 5.59. The Labute approximate surface area is 109 Å². The van der Waals surface area contributed by atoms with Crippen LogP contribution in [0.2, 0.25) is 0 Å². The van der Waals surface area contributed by atoms with Crippen LogP contribution in [0.5, 0.6) is 0 Å². The van der Waals surface area contributed by atoms with E-state index in [4.69, 9.17) is 4.42 Å². The van der Waals surface area contributed by atoms with E-state index >= 15 is 0 Å². The highest BCUT2D eigenvalue weighted by Gasteiger charge is 2.14. The second kappa shape index (κ2) is 5.47.